The smallest absolute Gasteiger partial charge is 0.247 e. The summed E-state index contributed by atoms with van der Waals surface area (Å²) in [6.45, 7) is 0.0607. The van der Waals surface area contributed by atoms with Crippen LogP contribution in [0.15, 0.2) is 78.9 Å². The third-order valence-corrected chi connectivity index (χ3v) is 6.92. The second kappa shape index (κ2) is 11.3. The number of hydrogen-bond acceptors (Lipinski definition) is 4. The maximum atomic E-state index is 13.9. The van der Waals surface area contributed by atoms with E-state index in [1.807, 2.05) is 54.6 Å². The Morgan fingerprint density at radius 2 is 1.65 bits per heavy atom. The normalized spacial score (nSPS) is 14.8. The molecule has 1 aliphatic carbocycles. The van der Waals surface area contributed by atoms with Crippen LogP contribution >= 0.6 is 0 Å². The molecule has 1 fully saturated rings. The molecule has 1 aliphatic rings. The number of benzene rings is 3. The summed E-state index contributed by atoms with van der Waals surface area (Å²) in [5.41, 5.74) is 2.87. The van der Waals surface area contributed by atoms with Crippen molar-refractivity contribution in [2.75, 3.05) is 0 Å². The molecule has 8 heteroatoms. The molecule has 7 nitrogen and oxygen atoms in total. The third-order valence-electron chi connectivity index (χ3n) is 6.92. The van der Waals surface area contributed by atoms with Gasteiger partial charge >= 0.3 is 0 Å². The topological polar surface area (TPSA) is 80.1 Å². The SMILES string of the molecule is O=C(NC1CCCCC1)[C@H](c1ccccc1)N(Cc1ccc(F)cc1)C(=O)Cn1nnc2ccccc21. The van der Waals surface area contributed by atoms with E-state index in [-0.39, 0.29) is 36.8 Å². The summed E-state index contributed by atoms with van der Waals surface area (Å²) in [5.74, 6) is -0.852. The minimum absolute atomic E-state index is 0.0816. The van der Waals surface area contributed by atoms with Crippen molar-refractivity contribution in [3.8, 4) is 0 Å². The molecule has 2 amide bonds. The lowest BCUT2D eigenvalue weighted by Crippen LogP contribution is -2.47. The van der Waals surface area contributed by atoms with E-state index in [2.05, 4.69) is 15.6 Å². The van der Waals surface area contributed by atoms with E-state index >= 15 is 0 Å². The van der Waals surface area contributed by atoms with Gasteiger partial charge in [0.25, 0.3) is 0 Å². The van der Waals surface area contributed by atoms with Gasteiger partial charge in [-0.25, -0.2) is 9.07 Å². The number of fused-ring (bicyclic) bond motifs is 1. The van der Waals surface area contributed by atoms with Crippen LogP contribution in [0.1, 0.15) is 49.3 Å². The van der Waals surface area contributed by atoms with Crippen LogP contribution in [0.4, 0.5) is 4.39 Å². The molecule has 1 saturated carbocycles. The van der Waals surface area contributed by atoms with E-state index in [0.717, 1.165) is 42.3 Å². The first-order chi connectivity index (χ1) is 18.1. The Morgan fingerprint density at radius 3 is 2.41 bits per heavy atom. The molecule has 3 aromatic carbocycles. The summed E-state index contributed by atoms with van der Waals surface area (Å²) in [6, 6.07) is 22.0. The van der Waals surface area contributed by atoms with Crippen LogP contribution in [0.2, 0.25) is 0 Å². The number of halogens is 1. The summed E-state index contributed by atoms with van der Waals surface area (Å²) >= 11 is 0. The molecule has 190 valence electrons. The number of para-hydroxylation sites is 1. The summed E-state index contributed by atoms with van der Waals surface area (Å²) < 4.78 is 15.2. The molecule has 0 bridgehead atoms. The van der Waals surface area contributed by atoms with Gasteiger partial charge in [0.1, 0.15) is 23.9 Å². The Kier molecular flexibility index (Phi) is 7.54. The number of carbonyl (C=O) groups excluding carboxylic acids is 2. The molecule has 1 N–H and O–H groups in total. The summed E-state index contributed by atoms with van der Waals surface area (Å²) in [4.78, 5) is 29.3. The maximum absolute atomic E-state index is 13.9. The average Bonchev–Trinajstić information content (AvgIpc) is 3.33. The van der Waals surface area contributed by atoms with Gasteiger partial charge in [0.15, 0.2) is 0 Å². The van der Waals surface area contributed by atoms with E-state index < -0.39 is 6.04 Å². The van der Waals surface area contributed by atoms with Crippen molar-refractivity contribution in [2.24, 2.45) is 0 Å². The third kappa shape index (κ3) is 5.85. The van der Waals surface area contributed by atoms with Gasteiger partial charge in [-0.15, -0.1) is 5.10 Å². The summed E-state index contributed by atoms with van der Waals surface area (Å²) in [6.07, 6.45) is 5.21. The fraction of sp³-hybridized carbons (Fsp3) is 0.310. The molecule has 1 aromatic heterocycles. The van der Waals surface area contributed by atoms with Crippen LogP contribution in [0.5, 0.6) is 0 Å². The van der Waals surface area contributed by atoms with Gasteiger partial charge in [0.2, 0.25) is 11.8 Å². The predicted octanol–water partition coefficient (Wildman–Crippen LogP) is 4.79. The van der Waals surface area contributed by atoms with Gasteiger partial charge in [-0.3, -0.25) is 9.59 Å². The van der Waals surface area contributed by atoms with Crippen LogP contribution < -0.4 is 5.32 Å². The lowest BCUT2D eigenvalue weighted by atomic mass is 9.94. The van der Waals surface area contributed by atoms with Gasteiger partial charge in [0, 0.05) is 12.6 Å². The number of amides is 2. The van der Waals surface area contributed by atoms with E-state index in [9.17, 15) is 14.0 Å². The van der Waals surface area contributed by atoms with Crippen molar-refractivity contribution in [1.82, 2.24) is 25.2 Å². The fourth-order valence-corrected chi connectivity index (χ4v) is 5.00. The van der Waals surface area contributed by atoms with Crippen LogP contribution in [0, 0.1) is 5.82 Å². The highest BCUT2D eigenvalue weighted by atomic mass is 19.1. The molecule has 0 saturated heterocycles. The molecular weight excluding hydrogens is 469 g/mol. The van der Waals surface area contributed by atoms with Gasteiger partial charge in [0.05, 0.1) is 5.52 Å². The number of nitrogens with one attached hydrogen (secondary N) is 1. The molecular formula is C29H30FN5O2. The first-order valence-electron chi connectivity index (χ1n) is 12.8. The molecule has 37 heavy (non-hydrogen) atoms. The maximum Gasteiger partial charge on any atom is 0.247 e. The zero-order valence-corrected chi connectivity index (χ0v) is 20.6. The quantitative estimate of drug-likeness (QED) is 0.378. The molecule has 1 atom stereocenters. The Hall–Kier alpha value is -4.07. The van der Waals surface area contributed by atoms with Gasteiger partial charge < -0.3 is 10.2 Å². The summed E-state index contributed by atoms with van der Waals surface area (Å²) in [5, 5.41) is 11.5. The van der Waals surface area contributed by atoms with E-state index in [0.29, 0.717) is 5.52 Å². The van der Waals surface area contributed by atoms with Crippen LogP contribution in [-0.4, -0.2) is 37.7 Å². The Labute approximate surface area is 215 Å². The van der Waals surface area contributed by atoms with Crippen molar-refractivity contribution < 1.29 is 14.0 Å². The van der Waals surface area contributed by atoms with Crippen molar-refractivity contribution >= 4 is 22.8 Å². The molecule has 4 aromatic rings. The lowest BCUT2D eigenvalue weighted by Gasteiger charge is -2.33. The Balaban J connectivity index is 1.50. The fourth-order valence-electron chi connectivity index (χ4n) is 5.00. The van der Waals surface area contributed by atoms with Crippen LogP contribution in [0.3, 0.4) is 0 Å². The van der Waals surface area contributed by atoms with Gasteiger partial charge in [-0.2, -0.15) is 0 Å². The highest BCUT2D eigenvalue weighted by molar-refractivity contribution is 5.89. The van der Waals surface area contributed by atoms with Gasteiger partial charge in [-0.05, 0) is 48.2 Å². The molecule has 5 rings (SSSR count). The molecule has 1 heterocycles. The largest absolute Gasteiger partial charge is 0.351 e. The van der Waals surface area contributed by atoms with E-state index in [1.54, 1.807) is 21.7 Å². The van der Waals surface area contributed by atoms with Gasteiger partial charge in [-0.1, -0.05) is 79.1 Å². The lowest BCUT2D eigenvalue weighted by molar-refractivity contribution is -0.142. The number of rotatable bonds is 8. The molecule has 0 radical (unpaired) electrons. The van der Waals surface area contributed by atoms with Crippen molar-refractivity contribution in [2.45, 2.75) is 57.3 Å². The second-order valence-corrected chi connectivity index (χ2v) is 9.54. The number of nitrogens with zero attached hydrogens (tertiary/aromatic N) is 4. The highest BCUT2D eigenvalue weighted by Crippen LogP contribution is 2.26. The van der Waals surface area contributed by atoms with Crippen LogP contribution in [0.25, 0.3) is 11.0 Å². The average molecular weight is 500 g/mol. The molecule has 0 aliphatic heterocycles. The number of carbonyl (C=O) groups is 2. The zero-order valence-electron chi connectivity index (χ0n) is 20.6. The first-order valence-corrected chi connectivity index (χ1v) is 12.8. The standard InChI is InChI=1S/C29H30FN5O2/c30-23-17-15-21(16-18-23)19-34(27(36)20-35-26-14-8-7-13-25(26)32-33-35)28(22-9-3-1-4-10-22)29(37)31-24-11-5-2-6-12-24/h1,3-4,7-10,13-18,24,28H,2,5-6,11-12,19-20H2,(H,31,37)/t28-/m0/s1. The minimum Gasteiger partial charge on any atom is -0.351 e. The molecule has 0 spiro atoms. The Morgan fingerprint density at radius 1 is 0.946 bits per heavy atom. The predicted molar refractivity (Wildman–Crippen MR) is 139 cm³/mol. The second-order valence-electron chi connectivity index (χ2n) is 9.54. The van der Waals surface area contributed by atoms with E-state index in [1.165, 1.54) is 18.6 Å². The minimum atomic E-state index is -0.851. The summed E-state index contributed by atoms with van der Waals surface area (Å²) in [7, 11) is 0. The number of aromatic nitrogens is 3. The first kappa shape index (κ1) is 24.6. The van der Waals surface area contributed by atoms with Crippen LogP contribution in [-0.2, 0) is 22.7 Å². The molecule has 0 unspecified atom stereocenters. The van der Waals surface area contributed by atoms with Crippen molar-refractivity contribution in [3.63, 3.8) is 0 Å². The highest BCUT2D eigenvalue weighted by Gasteiger charge is 2.33. The monoisotopic (exact) mass is 499 g/mol. The van der Waals surface area contributed by atoms with E-state index in [4.69, 9.17) is 0 Å². The van der Waals surface area contributed by atoms with Crippen molar-refractivity contribution in [1.29, 1.82) is 0 Å². The Bertz CT molecular complexity index is 1350. The number of hydrogen-bond donors (Lipinski definition) is 1. The van der Waals surface area contributed by atoms with Crippen molar-refractivity contribution in [3.05, 3.63) is 95.8 Å². The zero-order chi connectivity index (χ0) is 25.6.